The van der Waals surface area contributed by atoms with Crippen LogP contribution in [0.25, 0.3) is 0 Å². The van der Waals surface area contributed by atoms with E-state index in [1.165, 1.54) is 52.9 Å². The van der Waals surface area contributed by atoms with E-state index in [1.807, 2.05) is 11.3 Å². The van der Waals surface area contributed by atoms with E-state index >= 15 is 0 Å². The molecule has 1 aliphatic carbocycles. The van der Waals surface area contributed by atoms with Crippen molar-refractivity contribution in [1.29, 1.82) is 0 Å². The number of hydrogen-bond donors (Lipinski definition) is 1. The highest BCUT2D eigenvalue weighted by atomic mass is 32.1. The van der Waals surface area contributed by atoms with E-state index in [9.17, 15) is 0 Å². The number of fused-ring (bicyclic) bond motifs is 1. The third-order valence-corrected chi connectivity index (χ3v) is 5.90. The van der Waals surface area contributed by atoms with Crippen LogP contribution in [0.1, 0.15) is 57.8 Å². The van der Waals surface area contributed by atoms with E-state index in [0.29, 0.717) is 6.04 Å². The van der Waals surface area contributed by atoms with Gasteiger partial charge in [-0.25, -0.2) is 0 Å². The highest BCUT2D eigenvalue weighted by Gasteiger charge is 2.17. The van der Waals surface area contributed by atoms with E-state index in [1.54, 1.807) is 10.4 Å². The fraction of sp³-hybridized carbons (Fsp3) is 0.474. The van der Waals surface area contributed by atoms with Crippen LogP contribution in [0.5, 0.6) is 0 Å². The quantitative estimate of drug-likeness (QED) is 0.763. The lowest BCUT2D eigenvalue weighted by Crippen LogP contribution is -2.08. The molecule has 1 N–H and O–H groups in total. The molecule has 0 saturated heterocycles. The summed E-state index contributed by atoms with van der Waals surface area (Å²) in [5, 5.41) is 3.74. The Bertz CT molecular complexity index is 607. The summed E-state index contributed by atoms with van der Waals surface area (Å²) in [6, 6.07) is 7.36. The van der Waals surface area contributed by atoms with E-state index in [0.717, 1.165) is 0 Å². The molecular weight excluding hydrogens is 274 g/mol. The lowest BCUT2D eigenvalue weighted by atomic mass is 9.99. The SMILES string of the molecule is Cc1cc(C)c(NC(C)c2cc3c(s2)CCCC3)c(C)c1. The van der Waals surface area contributed by atoms with Crippen molar-refractivity contribution in [2.75, 3.05) is 5.32 Å². The van der Waals surface area contributed by atoms with Gasteiger partial charge in [0.25, 0.3) is 0 Å². The van der Waals surface area contributed by atoms with Crippen molar-refractivity contribution in [1.82, 2.24) is 0 Å². The third kappa shape index (κ3) is 3.01. The molecule has 0 amide bonds. The first-order valence-electron chi connectivity index (χ1n) is 8.00. The summed E-state index contributed by atoms with van der Waals surface area (Å²) in [5.41, 5.74) is 6.95. The molecule has 0 bridgehead atoms. The standard InChI is InChI=1S/C19H25NS/c1-12-9-13(2)19(14(3)10-12)20-15(4)18-11-16-7-5-6-8-17(16)21-18/h9-11,15,20H,5-8H2,1-4H3. The van der Waals surface area contributed by atoms with E-state index in [4.69, 9.17) is 0 Å². The zero-order valence-electron chi connectivity index (χ0n) is 13.5. The van der Waals surface area contributed by atoms with Crippen LogP contribution in [0.3, 0.4) is 0 Å². The highest BCUT2D eigenvalue weighted by molar-refractivity contribution is 7.12. The average molecular weight is 299 g/mol. The van der Waals surface area contributed by atoms with Crippen LogP contribution < -0.4 is 5.32 Å². The number of nitrogens with one attached hydrogen (secondary N) is 1. The third-order valence-electron chi connectivity index (χ3n) is 4.48. The van der Waals surface area contributed by atoms with Crippen LogP contribution >= 0.6 is 11.3 Å². The lowest BCUT2D eigenvalue weighted by molar-refractivity contribution is 0.696. The molecule has 1 aromatic carbocycles. The summed E-state index contributed by atoms with van der Waals surface area (Å²) in [6.07, 6.45) is 5.29. The van der Waals surface area contributed by atoms with Gasteiger partial charge in [0.1, 0.15) is 0 Å². The number of anilines is 1. The predicted octanol–water partition coefficient (Wildman–Crippen LogP) is 5.73. The van der Waals surface area contributed by atoms with Gasteiger partial charge >= 0.3 is 0 Å². The van der Waals surface area contributed by atoms with Crippen LogP contribution in [0.2, 0.25) is 0 Å². The van der Waals surface area contributed by atoms with E-state index < -0.39 is 0 Å². The Labute approximate surface area is 132 Å². The topological polar surface area (TPSA) is 12.0 Å². The average Bonchev–Trinajstić information content (AvgIpc) is 2.86. The van der Waals surface area contributed by atoms with Gasteiger partial charge in [0.15, 0.2) is 0 Å². The first-order valence-corrected chi connectivity index (χ1v) is 8.82. The normalized spacial score (nSPS) is 15.6. The summed E-state index contributed by atoms with van der Waals surface area (Å²) in [6.45, 7) is 8.86. The Kier molecular flexibility index (Phi) is 4.08. The van der Waals surface area contributed by atoms with Crippen LogP contribution in [-0.4, -0.2) is 0 Å². The smallest absolute Gasteiger partial charge is 0.0578 e. The molecule has 0 fully saturated rings. The number of rotatable bonds is 3. The molecule has 1 aromatic heterocycles. The van der Waals surface area contributed by atoms with Gasteiger partial charge in [0.2, 0.25) is 0 Å². The molecule has 1 atom stereocenters. The summed E-state index contributed by atoms with van der Waals surface area (Å²) in [7, 11) is 0. The number of thiophene rings is 1. The molecule has 1 heterocycles. The van der Waals surface area contributed by atoms with Crippen molar-refractivity contribution in [2.24, 2.45) is 0 Å². The van der Waals surface area contributed by atoms with E-state index in [-0.39, 0.29) is 0 Å². The summed E-state index contributed by atoms with van der Waals surface area (Å²) >= 11 is 2.02. The molecule has 112 valence electrons. The van der Waals surface area contributed by atoms with Crippen molar-refractivity contribution in [3.8, 4) is 0 Å². The molecule has 1 unspecified atom stereocenters. The van der Waals surface area contributed by atoms with Gasteiger partial charge in [-0.1, -0.05) is 17.7 Å². The Morgan fingerprint density at radius 2 is 1.67 bits per heavy atom. The first-order chi connectivity index (χ1) is 10.0. The Hall–Kier alpha value is -1.28. The van der Waals surface area contributed by atoms with Crippen molar-refractivity contribution in [2.45, 2.75) is 59.4 Å². The first kappa shape index (κ1) is 14.6. The molecule has 21 heavy (non-hydrogen) atoms. The van der Waals surface area contributed by atoms with Gasteiger partial charge < -0.3 is 5.32 Å². The van der Waals surface area contributed by atoms with Crippen molar-refractivity contribution in [3.63, 3.8) is 0 Å². The van der Waals surface area contributed by atoms with Gasteiger partial charge in [0.05, 0.1) is 6.04 Å². The number of aryl methyl sites for hydroxylation is 5. The van der Waals surface area contributed by atoms with Crippen molar-refractivity contribution < 1.29 is 0 Å². The molecule has 2 heteroatoms. The second-order valence-electron chi connectivity index (χ2n) is 6.44. The molecule has 0 spiro atoms. The maximum absolute atomic E-state index is 3.74. The minimum absolute atomic E-state index is 0.390. The Morgan fingerprint density at radius 3 is 2.33 bits per heavy atom. The second kappa shape index (κ2) is 5.84. The van der Waals surface area contributed by atoms with Crippen LogP contribution in [0.4, 0.5) is 5.69 Å². The Morgan fingerprint density at radius 1 is 1.00 bits per heavy atom. The summed E-state index contributed by atoms with van der Waals surface area (Å²) in [5.74, 6) is 0. The van der Waals surface area contributed by atoms with Crippen molar-refractivity contribution in [3.05, 3.63) is 50.2 Å². The molecule has 0 saturated carbocycles. The maximum atomic E-state index is 3.74. The minimum Gasteiger partial charge on any atom is -0.377 e. The molecular formula is C19H25NS. The predicted molar refractivity (Wildman–Crippen MR) is 93.7 cm³/mol. The van der Waals surface area contributed by atoms with Gasteiger partial charge in [-0.3, -0.25) is 0 Å². The molecule has 0 radical (unpaired) electrons. The number of hydrogen-bond acceptors (Lipinski definition) is 2. The maximum Gasteiger partial charge on any atom is 0.0578 e. The van der Waals surface area contributed by atoms with Gasteiger partial charge in [-0.15, -0.1) is 11.3 Å². The molecule has 2 aromatic rings. The fourth-order valence-electron chi connectivity index (χ4n) is 3.42. The van der Waals surface area contributed by atoms with E-state index in [2.05, 4.69) is 51.2 Å². The molecule has 1 aliphatic rings. The largest absolute Gasteiger partial charge is 0.377 e. The van der Waals surface area contributed by atoms with Crippen molar-refractivity contribution >= 4 is 17.0 Å². The highest BCUT2D eigenvalue weighted by Crippen LogP contribution is 2.35. The van der Waals surface area contributed by atoms with Gasteiger partial charge in [-0.2, -0.15) is 0 Å². The zero-order valence-corrected chi connectivity index (χ0v) is 14.4. The monoisotopic (exact) mass is 299 g/mol. The summed E-state index contributed by atoms with van der Waals surface area (Å²) in [4.78, 5) is 3.11. The fourth-order valence-corrected chi connectivity index (χ4v) is 4.68. The second-order valence-corrected chi connectivity index (χ2v) is 7.61. The Balaban J connectivity index is 1.83. The van der Waals surface area contributed by atoms with Gasteiger partial charge in [-0.05, 0) is 76.1 Å². The molecule has 1 nitrogen and oxygen atoms in total. The molecule has 0 aliphatic heterocycles. The minimum atomic E-state index is 0.390. The van der Waals surface area contributed by atoms with Crippen LogP contribution in [0, 0.1) is 20.8 Å². The summed E-state index contributed by atoms with van der Waals surface area (Å²) < 4.78 is 0. The zero-order chi connectivity index (χ0) is 15.0. The number of benzene rings is 1. The van der Waals surface area contributed by atoms with Crippen LogP contribution in [-0.2, 0) is 12.8 Å². The van der Waals surface area contributed by atoms with Crippen LogP contribution in [0.15, 0.2) is 18.2 Å². The molecule has 3 rings (SSSR count). The van der Waals surface area contributed by atoms with Gasteiger partial charge in [0, 0.05) is 15.4 Å². The lowest BCUT2D eigenvalue weighted by Gasteiger charge is -2.18.